The summed E-state index contributed by atoms with van der Waals surface area (Å²) >= 11 is 4.73. The Kier molecular flexibility index (Phi) is 7.35. The number of thiazole rings is 1. The molecule has 0 radical (unpaired) electrons. The van der Waals surface area contributed by atoms with Gasteiger partial charge in [-0.3, -0.25) is 4.79 Å². The number of ether oxygens (including phenoxy) is 2. The monoisotopic (exact) mass is 476 g/mol. The minimum Gasteiger partial charge on any atom is -0.462 e. The fraction of sp³-hybridized carbons (Fsp3) is 0.286. The van der Waals surface area contributed by atoms with Crippen molar-refractivity contribution < 1.29 is 19.1 Å². The van der Waals surface area contributed by atoms with Crippen molar-refractivity contribution in [3.63, 3.8) is 0 Å². The summed E-state index contributed by atoms with van der Waals surface area (Å²) in [4.78, 5) is 29.6. The van der Waals surface area contributed by atoms with E-state index in [4.69, 9.17) is 9.47 Å². The average Bonchev–Trinajstić information content (AvgIpc) is 3.05. The molecule has 152 valence electrons. The van der Waals surface area contributed by atoms with E-state index in [1.165, 1.54) is 11.3 Å². The summed E-state index contributed by atoms with van der Waals surface area (Å²) in [5.74, 6) is -0.687. The van der Waals surface area contributed by atoms with Gasteiger partial charge in [-0.2, -0.15) is 4.99 Å². The van der Waals surface area contributed by atoms with Crippen molar-refractivity contribution in [2.45, 2.75) is 20.4 Å². The molecule has 1 amide bonds. The number of benzene rings is 2. The third-order valence-electron chi connectivity index (χ3n) is 4.15. The lowest BCUT2D eigenvalue weighted by Gasteiger charge is -2.06. The van der Waals surface area contributed by atoms with E-state index in [-0.39, 0.29) is 11.9 Å². The molecule has 8 heteroatoms. The molecule has 0 saturated heterocycles. The minimum atomic E-state index is -0.368. The first-order valence-electron chi connectivity index (χ1n) is 9.26. The lowest BCUT2D eigenvalue weighted by Crippen LogP contribution is -2.19. The van der Waals surface area contributed by atoms with Crippen molar-refractivity contribution in [2.24, 2.45) is 4.99 Å². The summed E-state index contributed by atoms with van der Waals surface area (Å²) in [5, 5.41) is 0. The fourth-order valence-corrected chi connectivity index (χ4v) is 4.12. The molecule has 2 aromatic carbocycles. The molecule has 0 aliphatic heterocycles. The molecular formula is C21H21BrN2O4S. The maximum Gasteiger partial charge on any atom is 0.338 e. The highest BCUT2D eigenvalue weighted by Gasteiger charge is 2.13. The van der Waals surface area contributed by atoms with Crippen molar-refractivity contribution >= 4 is 49.4 Å². The van der Waals surface area contributed by atoms with Gasteiger partial charge in [0.2, 0.25) is 0 Å². The van der Waals surface area contributed by atoms with Crippen molar-refractivity contribution in [1.29, 1.82) is 0 Å². The van der Waals surface area contributed by atoms with Crippen molar-refractivity contribution in [2.75, 3.05) is 19.8 Å². The first kappa shape index (κ1) is 21.4. The third kappa shape index (κ3) is 5.20. The molecule has 0 spiro atoms. The van der Waals surface area contributed by atoms with Gasteiger partial charge < -0.3 is 14.0 Å². The largest absolute Gasteiger partial charge is 0.462 e. The van der Waals surface area contributed by atoms with Crippen LogP contribution in [0.15, 0.2) is 51.9 Å². The molecule has 1 heterocycles. The van der Waals surface area contributed by atoms with Gasteiger partial charge in [0.1, 0.15) is 0 Å². The maximum atomic E-state index is 12.7. The van der Waals surface area contributed by atoms with Crippen LogP contribution < -0.4 is 4.80 Å². The Labute approximate surface area is 180 Å². The summed E-state index contributed by atoms with van der Waals surface area (Å²) in [6.07, 6.45) is 0. The van der Waals surface area contributed by atoms with Crippen LogP contribution in [0.5, 0.6) is 0 Å². The Morgan fingerprint density at radius 1 is 1.07 bits per heavy atom. The molecule has 0 fully saturated rings. The van der Waals surface area contributed by atoms with Gasteiger partial charge in [-0.05, 0) is 56.3 Å². The van der Waals surface area contributed by atoms with Gasteiger partial charge in [0.15, 0.2) is 4.80 Å². The predicted molar refractivity (Wildman–Crippen MR) is 116 cm³/mol. The standard InChI is InChI=1S/C21H21BrN2O4S/c1-3-27-12-11-24-17-10-7-15(20(26)28-4-2)13-18(17)29-21(24)23-19(25)14-5-8-16(22)9-6-14/h5-10,13H,3-4,11-12H2,1-2H3. The topological polar surface area (TPSA) is 69.9 Å². The Balaban J connectivity index is 2.05. The van der Waals surface area contributed by atoms with Crippen LogP contribution in [0.2, 0.25) is 0 Å². The second-order valence-corrected chi connectivity index (χ2v) is 7.98. The quantitative estimate of drug-likeness (QED) is 0.373. The van der Waals surface area contributed by atoms with Crippen LogP contribution in [0.1, 0.15) is 34.6 Å². The van der Waals surface area contributed by atoms with Crippen LogP contribution in [-0.2, 0) is 16.0 Å². The highest BCUT2D eigenvalue weighted by molar-refractivity contribution is 9.10. The van der Waals surface area contributed by atoms with E-state index >= 15 is 0 Å². The van der Waals surface area contributed by atoms with Crippen molar-refractivity contribution in [3.05, 3.63) is 62.9 Å². The van der Waals surface area contributed by atoms with Crippen molar-refractivity contribution in [3.8, 4) is 0 Å². The lowest BCUT2D eigenvalue weighted by atomic mass is 10.2. The van der Waals surface area contributed by atoms with Crippen LogP contribution in [0.25, 0.3) is 10.2 Å². The van der Waals surface area contributed by atoms with E-state index in [2.05, 4.69) is 20.9 Å². The van der Waals surface area contributed by atoms with Crippen LogP contribution in [-0.4, -0.2) is 36.3 Å². The molecule has 0 atom stereocenters. The molecule has 29 heavy (non-hydrogen) atoms. The zero-order valence-electron chi connectivity index (χ0n) is 16.2. The number of carbonyl (C=O) groups excluding carboxylic acids is 2. The van der Waals surface area contributed by atoms with Crippen LogP contribution in [0.4, 0.5) is 0 Å². The SMILES string of the molecule is CCOCCn1c(=NC(=O)c2ccc(Br)cc2)sc2cc(C(=O)OCC)ccc21. The summed E-state index contributed by atoms with van der Waals surface area (Å²) in [5.41, 5.74) is 1.88. The number of carbonyl (C=O) groups is 2. The van der Waals surface area contributed by atoms with E-state index < -0.39 is 0 Å². The highest BCUT2D eigenvalue weighted by atomic mass is 79.9. The summed E-state index contributed by atoms with van der Waals surface area (Å²) in [6, 6.07) is 12.4. The first-order chi connectivity index (χ1) is 14.0. The molecule has 6 nitrogen and oxygen atoms in total. The molecule has 0 unspecified atom stereocenters. The fourth-order valence-electron chi connectivity index (χ4n) is 2.76. The van der Waals surface area contributed by atoms with Crippen LogP contribution in [0.3, 0.4) is 0 Å². The maximum absolute atomic E-state index is 12.7. The van der Waals surface area contributed by atoms with E-state index in [0.29, 0.717) is 42.3 Å². The molecule has 0 N–H and O–H groups in total. The number of halogens is 1. The Bertz CT molecular complexity index is 1090. The lowest BCUT2D eigenvalue weighted by molar-refractivity contribution is 0.0526. The van der Waals surface area contributed by atoms with Crippen LogP contribution in [0, 0.1) is 0 Å². The second kappa shape index (κ2) is 9.96. The Morgan fingerprint density at radius 2 is 1.79 bits per heavy atom. The molecule has 0 aliphatic rings. The van der Waals surface area contributed by atoms with E-state index in [1.807, 2.05) is 29.7 Å². The van der Waals surface area contributed by atoms with Gasteiger partial charge in [-0.25, -0.2) is 4.79 Å². The normalized spacial score (nSPS) is 11.8. The molecular weight excluding hydrogens is 456 g/mol. The summed E-state index contributed by atoms with van der Waals surface area (Å²) < 4.78 is 14.3. The van der Waals surface area contributed by atoms with Gasteiger partial charge in [0.05, 0.1) is 29.0 Å². The predicted octanol–water partition coefficient (Wildman–Crippen LogP) is 4.42. The van der Waals surface area contributed by atoms with Gasteiger partial charge in [-0.1, -0.05) is 27.3 Å². The number of hydrogen-bond donors (Lipinski definition) is 0. The minimum absolute atomic E-state index is 0.317. The number of aromatic nitrogens is 1. The third-order valence-corrected chi connectivity index (χ3v) is 5.72. The smallest absolute Gasteiger partial charge is 0.338 e. The molecule has 3 rings (SSSR count). The van der Waals surface area contributed by atoms with Gasteiger partial charge >= 0.3 is 5.97 Å². The van der Waals surface area contributed by atoms with E-state index in [1.54, 1.807) is 31.2 Å². The summed E-state index contributed by atoms with van der Waals surface area (Å²) in [6.45, 7) is 5.69. The molecule has 0 aliphatic carbocycles. The second-order valence-electron chi connectivity index (χ2n) is 6.06. The average molecular weight is 477 g/mol. The Morgan fingerprint density at radius 3 is 2.48 bits per heavy atom. The number of fused-ring (bicyclic) bond motifs is 1. The Hall–Kier alpha value is -2.29. The van der Waals surface area contributed by atoms with Gasteiger partial charge in [0, 0.05) is 23.2 Å². The highest BCUT2D eigenvalue weighted by Crippen LogP contribution is 2.20. The number of rotatable bonds is 7. The van der Waals surface area contributed by atoms with E-state index in [0.717, 1.165) is 14.7 Å². The van der Waals surface area contributed by atoms with Gasteiger partial charge in [0.25, 0.3) is 5.91 Å². The molecule has 0 bridgehead atoms. The number of amides is 1. The van der Waals surface area contributed by atoms with Crippen molar-refractivity contribution in [1.82, 2.24) is 4.57 Å². The number of hydrogen-bond acceptors (Lipinski definition) is 5. The molecule has 1 aromatic heterocycles. The zero-order valence-corrected chi connectivity index (χ0v) is 18.6. The zero-order chi connectivity index (χ0) is 20.8. The number of esters is 1. The van der Waals surface area contributed by atoms with Crippen LogP contribution >= 0.6 is 27.3 Å². The molecule has 0 saturated carbocycles. The van der Waals surface area contributed by atoms with E-state index in [9.17, 15) is 9.59 Å². The summed E-state index contributed by atoms with van der Waals surface area (Å²) in [7, 11) is 0. The molecule has 3 aromatic rings. The number of nitrogens with zero attached hydrogens (tertiary/aromatic N) is 2. The van der Waals surface area contributed by atoms with Gasteiger partial charge in [-0.15, -0.1) is 0 Å². The first-order valence-corrected chi connectivity index (χ1v) is 10.9.